The van der Waals surface area contributed by atoms with Crippen LogP contribution in [0.15, 0.2) is 54.6 Å². The van der Waals surface area contributed by atoms with Gasteiger partial charge in [0, 0.05) is 41.0 Å². The highest BCUT2D eigenvalue weighted by molar-refractivity contribution is 6.01. The number of nitrogens with two attached hydrogens (primary N) is 1. The largest absolute Gasteiger partial charge is 0.477 e. The molecule has 0 spiro atoms. The molecule has 2 amide bonds. The summed E-state index contributed by atoms with van der Waals surface area (Å²) in [6, 6.07) is 15.7. The van der Waals surface area contributed by atoms with Crippen LogP contribution in [0.1, 0.15) is 60.5 Å². The van der Waals surface area contributed by atoms with Crippen molar-refractivity contribution in [1.29, 1.82) is 0 Å². The molecule has 206 valence electrons. The van der Waals surface area contributed by atoms with Crippen LogP contribution in [0, 0.1) is 11.8 Å². The van der Waals surface area contributed by atoms with Gasteiger partial charge in [0.05, 0.1) is 6.67 Å². The zero-order valence-electron chi connectivity index (χ0n) is 21.8. The minimum Gasteiger partial charge on any atom is -0.477 e. The Bertz CT molecular complexity index is 1340. The number of likely N-dealkylation sites (tertiary alicyclic amines) is 1. The fourth-order valence-electron chi connectivity index (χ4n) is 6.35. The van der Waals surface area contributed by atoms with Crippen molar-refractivity contribution in [2.24, 2.45) is 17.6 Å². The van der Waals surface area contributed by atoms with Crippen LogP contribution in [0.2, 0.25) is 0 Å². The van der Waals surface area contributed by atoms with Crippen LogP contribution in [0.5, 0.6) is 0 Å². The number of aromatic nitrogens is 1. The average molecular weight is 535 g/mol. The summed E-state index contributed by atoms with van der Waals surface area (Å²) in [7, 11) is 0. The number of carbonyl (C=O) groups excluding carboxylic acids is 2. The number of halogens is 1. The molecular weight excluding hydrogens is 499 g/mol. The second-order valence-electron chi connectivity index (χ2n) is 10.8. The molecule has 1 saturated carbocycles. The number of aromatic carboxylic acids is 1. The zero-order valence-corrected chi connectivity index (χ0v) is 21.8. The molecule has 1 aliphatic carbocycles. The van der Waals surface area contributed by atoms with E-state index in [4.69, 9.17) is 5.73 Å². The van der Waals surface area contributed by atoms with Gasteiger partial charge in [0.25, 0.3) is 0 Å². The molecule has 0 unspecified atom stereocenters. The van der Waals surface area contributed by atoms with Crippen molar-refractivity contribution in [2.75, 3.05) is 18.5 Å². The highest BCUT2D eigenvalue weighted by Gasteiger charge is 2.44. The van der Waals surface area contributed by atoms with E-state index in [0.29, 0.717) is 48.8 Å². The number of aromatic amines is 1. The molecule has 39 heavy (non-hydrogen) atoms. The third kappa shape index (κ3) is 5.68. The van der Waals surface area contributed by atoms with Gasteiger partial charge < -0.3 is 26.0 Å². The van der Waals surface area contributed by atoms with Crippen molar-refractivity contribution >= 4 is 34.4 Å². The smallest absolute Gasteiger partial charge is 0.352 e. The molecule has 8 nitrogen and oxygen atoms in total. The lowest BCUT2D eigenvalue weighted by Crippen LogP contribution is -2.48. The summed E-state index contributed by atoms with van der Waals surface area (Å²) >= 11 is 0. The van der Waals surface area contributed by atoms with Gasteiger partial charge in [-0.15, -0.1) is 0 Å². The summed E-state index contributed by atoms with van der Waals surface area (Å²) in [5.74, 6) is -1.40. The van der Waals surface area contributed by atoms with Crippen LogP contribution in [-0.2, 0) is 9.59 Å². The molecule has 2 aromatic carbocycles. The van der Waals surface area contributed by atoms with E-state index in [0.717, 1.165) is 18.4 Å². The van der Waals surface area contributed by atoms with Crippen molar-refractivity contribution in [3.8, 4) is 0 Å². The summed E-state index contributed by atoms with van der Waals surface area (Å²) in [5, 5.41) is 12.9. The molecule has 0 bridgehead atoms. The molecule has 2 aliphatic rings. The standard InChI is InChI=1S/C30H35FN4O4/c31-14-12-24(32)19-6-8-20(9-7-19)29(37)35-15-13-23(18-4-2-1-3-5-18)27(35)28(36)33-22-10-11-25-21(16-22)17-26(34-25)30(38)39/h1-5,10-11,16-17,19-20,23-24,27,34H,6-9,12-15,32H2,(H,33,36)(H,38,39)/t19?,20?,23-,24+,27-/m0/s1. The number of alkyl halides is 1. The number of carboxylic acids is 1. The first-order valence-corrected chi connectivity index (χ1v) is 13.7. The lowest BCUT2D eigenvalue weighted by Gasteiger charge is -2.35. The van der Waals surface area contributed by atoms with E-state index in [9.17, 15) is 23.9 Å². The Morgan fingerprint density at radius 2 is 1.79 bits per heavy atom. The van der Waals surface area contributed by atoms with Gasteiger partial charge in [0.1, 0.15) is 11.7 Å². The number of amides is 2. The highest BCUT2D eigenvalue weighted by atomic mass is 19.1. The molecule has 2 heterocycles. The molecule has 3 atom stereocenters. The number of fused-ring (bicyclic) bond motifs is 1. The van der Waals surface area contributed by atoms with E-state index in [1.807, 2.05) is 30.3 Å². The number of rotatable bonds is 8. The predicted molar refractivity (Wildman–Crippen MR) is 147 cm³/mol. The predicted octanol–water partition coefficient (Wildman–Crippen LogP) is 4.68. The fourth-order valence-corrected chi connectivity index (χ4v) is 6.35. The number of anilines is 1. The normalized spacial score (nSPS) is 24.0. The monoisotopic (exact) mass is 534 g/mol. The number of nitrogens with one attached hydrogen (secondary N) is 2. The van der Waals surface area contributed by atoms with Crippen LogP contribution >= 0.6 is 0 Å². The molecule has 1 aromatic heterocycles. The second-order valence-corrected chi connectivity index (χ2v) is 10.8. The van der Waals surface area contributed by atoms with Gasteiger partial charge in [-0.1, -0.05) is 30.3 Å². The van der Waals surface area contributed by atoms with Crippen molar-refractivity contribution in [3.05, 3.63) is 65.9 Å². The average Bonchev–Trinajstić information content (AvgIpc) is 3.58. The quantitative estimate of drug-likeness (QED) is 0.334. The van der Waals surface area contributed by atoms with E-state index < -0.39 is 18.7 Å². The Kier molecular flexibility index (Phi) is 7.97. The number of carbonyl (C=O) groups is 3. The molecule has 0 radical (unpaired) electrons. The zero-order chi connectivity index (χ0) is 27.5. The Labute approximate surface area is 226 Å². The molecule has 5 N–H and O–H groups in total. The topological polar surface area (TPSA) is 129 Å². The van der Waals surface area contributed by atoms with Crippen molar-refractivity contribution in [1.82, 2.24) is 9.88 Å². The first kappa shape index (κ1) is 26.9. The Hall–Kier alpha value is -3.72. The Morgan fingerprint density at radius 3 is 2.49 bits per heavy atom. The van der Waals surface area contributed by atoms with Gasteiger partial charge in [0.2, 0.25) is 11.8 Å². The van der Waals surface area contributed by atoms with Crippen molar-refractivity contribution in [3.63, 3.8) is 0 Å². The molecule has 5 rings (SSSR count). The van der Waals surface area contributed by atoms with Gasteiger partial charge in [0.15, 0.2) is 0 Å². The first-order chi connectivity index (χ1) is 18.9. The summed E-state index contributed by atoms with van der Waals surface area (Å²) in [4.78, 5) is 43.5. The Balaban J connectivity index is 1.35. The summed E-state index contributed by atoms with van der Waals surface area (Å²) in [6.45, 7) is 0.0692. The lowest BCUT2D eigenvalue weighted by atomic mass is 9.77. The molecule has 9 heteroatoms. The Morgan fingerprint density at radius 1 is 1.05 bits per heavy atom. The minimum absolute atomic E-state index is 0.00159. The SMILES string of the molecule is N[C@H](CCF)C1CCC(C(=O)N2CC[C@@H](c3ccccc3)[C@H]2C(=O)Nc2ccc3[nH]c(C(=O)O)cc3c2)CC1. The molecule has 2 fully saturated rings. The minimum atomic E-state index is -1.05. The maximum Gasteiger partial charge on any atom is 0.352 e. The second kappa shape index (κ2) is 11.6. The first-order valence-electron chi connectivity index (χ1n) is 13.7. The van der Waals surface area contributed by atoms with E-state index in [1.54, 1.807) is 23.1 Å². The molecule has 1 saturated heterocycles. The van der Waals surface area contributed by atoms with Crippen molar-refractivity contribution < 1.29 is 23.9 Å². The van der Waals surface area contributed by atoms with E-state index in [-0.39, 0.29) is 41.3 Å². The number of benzene rings is 2. The third-order valence-electron chi connectivity index (χ3n) is 8.47. The maximum atomic E-state index is 13.8. The summed E-state index contributed by atoms with van der Waals surface area (Å²) in [5.41, 5.74) is 8.44. The molecular formula is C30H35FN4O4. The molecule has 1 aliphatic heterocycles. The number of H-pyrrole nitrogens is 1. The number of hydrogen-bond acceptors (Lipinski definition) is 4. The van der Waals surface area contributed by atoms with E-state index >= 15 is 0 Å². The van der Waals surface area contributed by atoms with Gasteiger partial charge >= 0.3 is 5.97 Å². The lowest BCUT2D eigenvalue weighted by molar-refractivity contribution is -0.141. The third-order valence-corrected chi connectivity index (χ3v) is 8.47. The van der Waals surface area contributed by atoms with Gasteiger partial charge in [-0.25, -0.2) is 4.79 Å². The number of hydrogen-bond donors (Lipinski definition) is 4. The highest BCUT2D eigenvalue weighted by Crippen LogP contribution is 2.38. The number of nitrogens with zero attached hydrogens (tertiary/aromatic N) is 1. The van der Waals surface area contributed by atoms with Crippen LogP contribution in [0.4, 0.5) is 10.1 Å². The van der Waals surface area contributed by atoms with Crippen LogP contribution < -0.4 is 11.1 Å². The van der Waals surface area contributed by atoms with E-state index in [1.165, 1.54) is 6.07 Å². The summed E-state index contributed by atoms with van der Waals surface area (Å²) < 4.78 is 12.8. The number of carboxylic acid groups (broad SMARTS) is 1. The van der Waals surface area contributed by atoms with Crippen molar-refractivity contribution in [2.45, 2.75) is 56.5 Å². The van der Waals surface area contributed by atoms with Gasteiger partial charge in [-0.2, -0.15) is 0 Å². The van der Waals surface area contributed by atoms with Gasteiger partial charge in [-0.3, -0.25) is 14.0 Å². The van der Waals surface area contributed by atoms with Gasteiger partial charge in [-0.05, 0) is 74.3 Å². The van der Waals surface area contributed by atoms with Crippen LogP contribution in [0.3, 0.4) is 0 Å². The van der Waals surface area contributed by atoms with Crippen LogP contribution in [0.25, 0.3) is 10.9 Å². The van der Waals surface area contributed by atoms with E-state index in [2.05, 4.69) is 10.3 Å². The molecule has 3 aromatic rings. The maximum absolute atomic E-state index is 13.8. The summed E-state index contributed by atoms with van der Waals surface area (Å²) in [6.07, 6.45) is 4.01. The van der Waals surface area contributed by atoms with Crippen LogP contribution in [-0.4, -0.2) is 58.1 Å². The fraction of sp³-hybridized carbons (Fsp3) is 0.433.